The zero-order valence-corrected chi connectivity index (χ0v) is 46.8. The zero-order chi connectivity index (χ0) is 57.2. The largest absolute Gasteiger partial charge is 0.487 e. The van der Waals surface area contributed by atoms with E-state index in [9.17, 15) is 42.3 Å². The van der Waals surface area contributed by atoms with Crippen LogP contribution < -0.4 is 47.5 Å². The number of aromatic amines is 1. The normalized spacial score (nSPS) is 15.7. The number of amides is 5. The van der Waals surface area contributed by atoms with Crippen molar-refractivity contribution in [2.45, 2.75) is 167 Å². The number of guanidine groups is 1. The summed E-state index contributed by atoms with van der Waals surface area (Å²) in [6.45, 7) is 18.8. The highest BCUT2D eigenvalue weighted by molar-refractivity contribution is 7.90. The second kappa shape index (κ2) is 25.9. The van der Waals surface area contributed by atoms with Crippen LogP contribution in [0.15, 0.2) is 70.7 Å². The molecule has 0 fully saturated rings. The molecular formula is C55H78N10O11S. The van der Waals surface area contributed by atoms with Gasteiger partial charge in [0.05, 0.1) is 23.1 Å². The van der Waals surface area contributed by atoms with Crippen LogP contribution in [0, 0.1) is 26.7 Å². The summed E-state index contributed by atoms with van der Waals surface area (Å²) in [4.78, 5) is 89.6. The number of carboxylic acids is 1. The van der Waals surface area contributed by atoms with Gasteiger partial charge in [-0.05, 0) is 128 Å². The second-order valence-corrected chi connectivity index (χ2v) is 23.4. The third-order valence-electron chi connectivity index (χ3n) is 13.1. The summed E-state index contributed by atoms with van der Waals surface area (Å²) in [6, 6.07) is 8.59. The van der Waals surface area contributed by atoms with Crippen LogP contribution in [0.2, 0.25) is 0 Å². The molecule has 1 aliphatic heterocycles. The molecule has 0 spiro atoms. The molecule has 0 bridgehead atoms. The molecule has 0 saturated carbocycles. The van der Waals surface area contributed by atoms with Crippen LogP contribution in [-0.2, 0) is 62.8 Å². The molecule has 0 radical (unpaired) electrons. The number of hydrogen-bond acceptors (Lipinski definition) is 12. The third kappa shape index (κ3) is 17.0. The minimum Gasteiger partial charge on any atom is -0.487 e. The lowest BCUT2D eigenvalue weighted by Gasteiger charge is -2.29. The Labute approximate surface area is 451 Å². The number of aliphatic carboxylic acids is 1. The van der Waals surface area contributed by atoms with Crippen molar-refractivity contribution >= 4 is 62.4 Å². The first-order valence-corrected chi connectivity index (χ1v) is 27.3. The van der Waals surface area contributed by atoms with Crippen LogP contribution in [0.4, 0.5) is 0 Å². The lowest BCUT2D eigenvalue weighted by atomic mass is 9.94. The van der Waals surface area contributed by atoms with Crippen molar-refractivity contribution < 1.29 is 51.8 Å². The number of hydrogen-bond donors (Lipinski definition) is 10. The number of aromatic nitrogens is 1. The van der Waals surface area contributed by atoms with Crippen LogP contribution in [0.3, 0.4) is 0 Å². The Hall–Kier alpha value is -7.04. The van der Waals surface area contributed by atoms with Gasteiger partial charge in [0, 0.05) is 42.0 Å². The Morgan fingerprint density at radius 1 is 0.792 bits per heavy atom. The fourth-order valence-electron chi connectivity index (χ4n) is 9.03. The van der Waals surface area contributed by atoms with Gasteiger partial charge in [0.1, 0.15) is 41.6 Å². The van der Waals surface area contributed by atoms with Gasteiger partial charge in [-0.15, -0.1) is 0 Å². The van der Waals surface area contributed by atoms with Gasteiger partial charge in [0.15, 0.2) is 0 Å². The summed E-state index contributed by atoms with van der Waals surface area (Å²) in [6.07, 6.45) is 2.41. The number of fused-ring (bicyclic) bond motifs is 2. The third-order valence-corrected chi connectivity index (χ3v) is 14.8. The van der Waals surface area contributed by atoms with Gasteiger partial charge in [-0.2, -0.15) is 0 Å². The van der Waals surface area contributed by atoms with E-state index in [0.29, 0.717) is 34.4 Å². The van der Waals surface area contributed by atoms with E-state index in [4.69, 9.17) is 20.9 Å². The lowest BCUT2D eigenvalue weighted by molar-refractivity contribution is -0.142. The summed E-state index contributed by atoms with van der Waals surface area (Å²) in [5.41, 5.74) is 16.0. The average molecular weight is 1090 g/mol. The number of para-hydroxylation sites is 1. The number of H-pyrrole nitrogens is 1. The Bertz CT molecular complexity index is 2930. The van der Waals surface area contributed by atoms with Gasteiger partial charge in [0.2, 0.25) is 35.5 Å². The van der Waals surface area contributed by atoms with Crippen molar-refractivity contribution in [2.75, 3.05) is 13.2 Å². The van der Waals surface area contributed by atoms with Gasteiger partial charge >= 0.3 is 5.97 Å². The summed E-state index contributed by atoms with van der Waals surface area (Å²) in [7, 11) is -4.25. The van der Waals surface area contributed by atoms with Crippen molar-refractivity contribution in [2.24, 2.45) is 22.4 Å². The molecule has 22 heteroatoms. The standard InChI is InChI=1S/C55H78N10O11S/c1-30(2)24-42(50(69)63-43(52(71)72)25-35-18-13-12-14-19-35)62-51(70)44(29-75-54(7,8)9)64-49(68)41(61-47(66)34(6)60-48(67)39(56)26-36-28-59-40-21-16-15-20-37(36)40)22-17-23-58-53(57)65-77(73,74)46-32(4)31(3)45-38(33(46)5)27-55(10,11)76-45/h12-16,18-21,28,30,34,39,41-44,59H,17,22-27,29,56H2,1-11H3,(H,60,67)(H,61,66)(H,62,70)(H,63,69)(H,64,68)(H,71,72)(H3,57,58,65)/t34-,39-,41-,42-,43-,44-/m0/s1. The van der Waals surface area contributed by atoms with Crippen molar-refractivity contribution in [1.82, 2.24) is 36.3 Å². The van der Waals surface area contributed by atoms with Crippen LogP contribution in [0.25, 0.3) is 10.9 Å². The first-order valence-electron chi connectivity index (χ1n) is 25.8. The van der Waals surface area contributed by atoms with Gasteiger partial charge in [-0.1, -0.05) is 62.4 Å². The number of ether oxygens (including phenoxy) is 2. The minimum atomic E-state index is -4.25. The number of carboxylic acid groups (broad SMARTS) is 1. The van der Waals surface area contributed by atoms with E-state index in [1.807, 2.05) is 52.0 Å². The molecule has 4 aromatic rings. The van der Waals surface area contributed by atoms with Gasteiger partial charge in [-0.25, -0.2) is 17.9 Å². The first-order chi connectivity index (χ1) is 36.0. The van der Waals surface area contributed by atoms with Gasteiger partial charge in [-0.3, -0.25) is 29.0 Å². The van der Waals surface area contributed by atoms with E-state index < -0.39 is 106 Å². The SMILES string of the molecule is Cc1c(C)c(S(=O)(=O)NC(N)=NCCC[C@H](NC(=O)[C@H](C)NC(=O)[C@@H](N)Cc2c[nH]c3ccccc23)C(=O)N[C@@H](COC(C)(C)C)C(=O)N[C@@H](CC(C)C)C(=O)N[C@@H](Cc2ccccc2)C(=O)O)c(C)c2c1OC(C)(C)C2. The minimum absolute atomic E-state index is 0.0216. The van der Waals surface area contributed by atoms with Crippen LogP contribution in [0.5, 0.6) is 5.75 Å². The predicted octanol–water partition coefficient (Wildman–Crippen LogP) is 3.38. The Balaban J connectivity index is 1.35. The van der Waals surface area contributed by atoms with Crippen LogP contribution in [0.1, 0.15) is 108 Å². The van der Waals surface area contributed by atoms with E-state index >= 15 is 0 Å². The smallest absolute Gasteiger partial charge is 0.326 e. The highest BCUT2D eigenvalue weighted by Crippen LogP contribution is 2.43. The topological polar surface area (TPSA) is 328 Å². The van der Waals surface area contributed by atoms with E-state index in [0.717, 1.165) is 22.0 Å². The van der Waals surface area contributed by atoms with Crippen molar-refractivity contribution in [1.29, 1.82) is 0 Å². The van der Waals surface area contributed by atoms with Gasteiger partial charge in [0.25, 0.3) is 10.0 Å². The quantitative estimate of drug-likeness (QED) is 0.0259. The number of carbonyl (C=O) groups is 6. The highest BCUT2D eigenvalue weighted by Gasteiger charge is 2.38. The first kappa shape index (κ1) is 60.8. The molecule has 0 aliphatic carbocycles. The van der Waals surface area contributed by atoms with Crippen molar-refractivity contribution in [3.63, 3.8) is 0 Å². The maximum absolute atomic E-state index is 14.5. The average Bonchev–Trinajstić information content (AvgIpc) is 3.91. The van der Waals surface area contributed by atoms with E-state index in [1.54, 1.807) is 78.1 Å². The molecule has 77 heavy (non-hydrogen) atoms. The zero-order valence-electron chi connectivity index (χ0n) is 46.0. The molecule has 2 heterocycles. The molecule has 6 atom stereocenters. The number of carbonyl (C=O) groups excluding carboxylic acids is 5. The van der Waals surface area contributed by atoms with Crippen LogP contribution in [-0.4, -0.2) is 121 Å². The predicted molar refractivity (Wildman–Crippen MR) is 293 cm³/mol. The highest BCUT2D eigenvalue weighted by atomic mass is 32.2. The number of nitrogens with zero attached hydrogens (tertiary/aromatic N) is 1. The lowest BCUT2D eigenvalue weighted by Crippen LogP contribution is -2.60. The molecule has 5 rings (SSSR count). The molecule has 420 valence electrons. The number of nitrogens with two attached hydrogens (primary N) is 2. The van der Waals surface area contributed by atoms with E-state index in [-0.39, 0.29) is 49.5 Å². The molecule has 21 nitrogen and oxygen atoms in total. The maximum atomic E-state index is 14.5. The second-order valence-electron chi connectivity index (χ2n) is 21.8. The Morgan fingerprint density at radius 3 is 2.04 bits per heavy atom. The number of sulfonamides is 1. The van der Waals surface area contributed by atoms with E-state index in [2.05, 4.69) is 41.3 Å². The van der Waals surface area contributed by atoms with Crippen molar-refractivity contribution in [3.05, 3.63) is 94.2 Å². The maximum Gasteiger partial charge on any atom is 0.326 e. The number of nitrogens with one attached hydrogen (secondary N) is 7. The Morgan fingerprint density at radius 2 is 1.39 bits per heavy atom. The molecule has 0 saturated heterocycles. The van der Waals surface area contributed by atoms with Crippen molar-refractivity contribution in [3.8, 4) is 5.75 Å². The number of benzene rings is 3. The number of aliphatic imine (C=N–C) groups is 1. The van der Waals surface area contributed by atoms with E-state index in [1.165, 1.54) is 6.92 Å². The Kier molecular flexibility index (Phi) is 20.4. The molecule has 3 aromatic carbocycles. The summed E-state index contributed by atoms with van der Waals surface area (Å²) >= 11 is 0. The molecule has 0 unspecified atom stereocenters. The molecule has 1 aliphatic rings. The molecule has 1 aromatic heterocycles. The summed E-state index contributed by atoms with van der Waals surface area (Å²) in [5.74, 6) is -5.04. The summed E-state index contributed by atoms with van der Waals surface area (Å²) in [5, 5.41) is 24.1. The summed E-state index contributed by atoms with van der Waals surface area (Å²) < 4.78 is 42.3. The van der Waals surface area contributed by atoms with Crippen LogP contribution >= 0.6 is 0 Å². The monoisotopic (exact) mass is 1090 g/mol. The fraction of sp³-hybridized carbons (Fsp3) is 0.509. The molecule has 12 N–H and O–H groups in total. The molecular weight excluding hydrogens is 1010 g/mol. The fourth-order valence-corrected chi connectivity index (χ4v) is 10.6. The molecule has 5 amide bonds. The van der Waals surface area contributed by atoms with Gasteiger partial charge < -0.3 is 57.6 Å². The number of rotatable bonds is 25.